The largest absolute Gasteiger partial charge is 0.452 e. The molecule has 0 spiro atoms. The lowest BCUT2D eigenvalue weighted by Gasteiger charge is -2.33. The monoisotopic (exact) mass is 397 g/mol. The van der Waals surface area contributed by atoms with E-state index in [4.69, 9.17) is 10.5 Å². The van der Waals surface area contributed by atoms with Crippen LogP contribution in [0.4, 0.5) is 0 Å². The molecule has 0 bridgehead atoms. The van der Waals surface area contributed by atoms with Crippen LogP contribution in [0.15, 0.2) is 30.3 Å². The van der Waals surface area contributed by atoms with E-state index in [1.54, 1.807) is 6.07 Å². The number of benzene rings is 1. The summed E-state index contributed by atoms with van der Waals surface area (Å²) in [7, 11) is 0. The van der Waals surface area contributed by atoms with E-state index in [1.165, 1.54) is 4.90 Å². The van der Waals surface area contributed by atoms with E-state index in [2.05, 4.69) is 0 Å². The Hall–Kier alpha value is -3.09. The number of primary amides is 1. The zero-order chi connectivity index (χ0) is 21.1. The average Bonchev–Trinajstić information content (AvgIpc) is 3.00. The van der Waals surface area contributed by atoms with Crippen LogP contribution in [0.3, 0.4) is 0 Å². The van der Waals surface area contributed by atoms with Crippen LogP contribution in [0.2, 0.25) is 0 Å². The fourth-order valence-corrected chi connectivity index (χ4v) is 3.95. The summed E-state index contributed by atoms with van der Waals surface area (Å²) in [5.41, 5.74) is 9.56. The Kier molecular flexibility index (Phi) is 6.06. The van der Waals surface area contributed by atoms with Crippen molar-refractivity contribution in [2.24, 2.45) is 5.73 Å². The first kappa shape index (κ1) is 20.6. The first-order chi connectivity index (χ1) is 13.8. The Morgan fingerprint density at radius 3 is 2.59 bits per heavy atom. The van der Waals surface area contributed by atoms with Gasteiger partial charge in [0.25, 0.3) is 5.91 Å². The van der Waals surface area contributed by atoms with Crippen LogP contribution in [-0.4, -0.2) is 46.4 Å². The number of carbonyl (C=O) groups is 3. The van der Waals surface area contributed by atoms with Gasteiger partial charge in [-0.1, -0.05) is 12.1 Å². The summed E-state index contributed by atoms with van der Waals surface area (Å²) >= 11 is 0. The van der Waals surface area contributed by atoms with E-state index in [1.807, 2.05) is 49.6 Å². The van der Waals surface area contributed by atoms with Crippen molar-refractivity contribution in [2.45, 2.75) is 46.1 Å². The fourth-order valence-electron chi connectivity index (χ4n) is 3.95. The molecule has 1 aliphatic rings. The van der Waals surface area contributed by atoms with Crippen LogP contribution in [0.5, 0.6) is 0 Å². The van der Waals surface area contributed by atoms with E-state index in [-0.39, 0.29) is 0 Å². The molecular formula is C22H27N3O4. The molecule has 1 fully saturated rings. The third-order valence-corrected chi connectivity index (χ3v) is 5.39. The number of aromatic nitrogens is 1. The number of carbonyl (C=O) groups excluding carboxylic acids is 3. The standard InChI is InChI=1S/C22H27N3O4/c1-14-7-6-8-17(11-14)25-15(2)12-18(16(25)3)22(28)29-13-20(26)24-10-5-4-9-19(24)21(23)27/h6-8,11-12,19H,4-5,9-10,13H2,1-3H3,(H2,23,27)/t19-/m0/s1. The van der Waals surface area contributed by atoms with Gasteiger partial charge in [-0.2, -0.15) is 0 Å². The quantitative estimate of drug-likeness (QED) is 0.784. The number of ether oxygens (including phenoxy) is 1. The number of piperidine rings is 1. The van der Waals surface area contributed by atoms with Gasteiger partial charge in [0.1, 0.15) is 6.04 Å². The number of esters is 1. The second kappa shape index (κ2) is 8.51. The summed E-state index contributed by atoms with van der Waals surface area (Å²) in [5.74, 6) is -1.47. The molecule has 0 radical (unpaired) electrons. The molecule has 0 aliphatic carbocycles. The molecule has 2 N–H and O–H groups in total. The molecule has 29 heavy (non-hydrogen) atoms. The summed E-state index contributed by atoms with van der Waals surface area (Å²) in [4.78, 5) is 38.2. The van der Waals surface area contributed by atoms with Gasteiger partial charge in [-0.25, -0.2) is 4.79 Å². The van der Waals surface area contributed by atoms with E-state index in [0.29, 0.717) is 18.5 Å². The van der Waals surface area contributed by atoms with Crippen LogP contribution in [-0.2, 0) is 14.3 Å². The van der Waals surface area contributed by atoms with Crippen molar-refractivity contribution in [3.8, 4) is 5.69 Å². The Morgan fingerprint density at radius 1 is 1.14 bits per heavy atom. The lowest BCUT2D eigenvalue weighted by molar-refractivity contribution is -0.143. The number of hydrogen-bond donors (Lipinski definition) is 1. The molecule has 0 unspecified atom stereocenters. The molecule has 7 nitrogen and oxygen atoms in total. The van der Waals surface area contributed by atoms with Crippen molar-refractivity contribution in [3.63, 3.8) is 0 Å². The summed E-state index contributed by atoms with van der Waals surface area (Å²) in [6.07, 6.45) is 2.20. The summed E-state index contributed by atoms with van der Waals surface area (Å²) in [6.45, 7) is 5.82. The Balaban J connectivity index is 1.72. The van der Waals surface area contributed by atoms with Gasteiger partial charge in [-0.05, 0) is 63.8 Å². The Morgan fingerprint density at radius 2 is 1.90 bits per heavy atom. The van der Waals surface area contributed by atoms with Gasteiger partial charge in [0, 0.05) is 23.6 Å². The van der Waals surface area contributed by atoms with Crippen LogP contribution < -0.4 is 5.73 Å². The minimum Gasteiger partial charge on any atom is -0.452 e. The van der Waals surface area contributed by atoms with Crippen LogP contribution >= 0.6 is 0 Å². The zero-order valence-corrected chi connectivity index (χ0v) is 17.1. The molecule has 2 heterocycles. The van der Waals surface area contributed by atoms with Crippen molar-refractivity contribution in [3.05, 3.63) is 52.8 Å². The van der Waals surface area contributed by atoms with Crippen molar-refractivity contribution in [1.82, 2.24) is 9.47 Å². The number of nitrogens with two attached hydrogens (primary N) is 1. The molecule has 0 saturated carbocycles. The van der Waals surface area contributed by atoms with Gasteiger partial charge in [-0.15, -0.1) is 0 Å². The molecular weight excluding hydrogens is 370 g/mol. The SMILES string of the molecule is Cc1cccc(-n2c(C)cc(C(=O)OCC(=O)N3CCCC[C@H]3C(N)=O)c2C)c1. The van der Waals surface area contributed by atoms with E-state index in [9.17, 15) is 14.4 Å². The van der Waals surface area contributed by atoms with E-state index >= 15 is 0 Å². The highest BCUT2D eigenvalue weighted by atomic mass is 16.5. The zero-order valence-electron chi connectivity index (χ0n) is 17.1. The van der Waals surface area contributed by atoms with Crippen molar-refractivity contribution < 1.29 is 19.1 Å². The highest BCUT2D eigenvalue weighted by Crippen LogP contribution is 2.22. The number of nitrogens with zero attached hydrogens (tertiary/aromatic N) is 2. The Bertz CT molecular complexity index is 948. The summed E-state index contributed by atoms with van der Waals surface area (Å²) in [5, 5.41) is 0. The molecule has 1 aromatic carbocycles. The summed E-state index contributed by atoms with van der Waals surface area (Å²) in [6, 6.07) is 9.14. The van der Waals surface area contributed by atoms with Gasteiger partial charge < -0.3 is 19.9 Å². The third kappa shape index (κ3) is 4.34. The maximum atomic E-state index is 12.6. The van der Waals surface area contributed by atoms with Gasteiger partial charge in [0.2, 0.25) is 5.91 Å². The molecule has 154 valence electrons. The second-order valence-electron chi connectivity index (χ2n) is 7.54. The lowest BCUT2D eigenvalue weighted by Crippen LogP contribution is -2.51. The van der Waals surface area contributed by atoms with Gasteiger partial charge in [0.15, 0.2) is 6.61 Å². The van der Waals surface area contributed by atoms with E-state index < -0.39 is 30.4 Å². The van der Waals surface area contributed by atoms with Gasteiger partial charge in [-0.3, -0.25) is 9.59 Å². The molecule has 7 heteroatoms. The maximum Gasteiger partial charge on any atom is 0.340 e. The smallest absolute Gasteiger partial charge is 0.340 e. The average molecular weight is 397 g/mol. The fraction of sp³-hybridized carbons (Fsp3) is 0.409. The highest BCUT2D eigenvalue weighted by molar-refractivity contribution is 5.93. The summed E-state index contributed by atoms with van der Waals surface area (Å²) < 4.78 is 7.27. The lowest BCUT2D eigenvalue weighted by atomic mass is 10.0. The number of amides is 2. The highest BCUT2D eigenvalue weighted by Gasteiger charge is 2.31. The first-order valence-electron chi connectivity index (χ1n) is 9.81. The van der Waals surface area contributed by atoms with Crippen molar-refractivity contribution in [1.29, 1.82) is 0 Å². The van der Waals surface area contributed by atoms with Crippen LogP contribution in [0.25, 0.3) is 5.69 Å². The number of rotatable bonds is 5. The number of hydrogen-bond acceptors (Lipinski definition) is 4. The van der Waals surface area contributed by atoms with Gasteiger partial charge in [0.05, 0.1) is 5.56 Å². The Labute approximate surface area is 170 Å². The minimum absolute atomic E-state index is 0.394. The number of aryl methyl sites for hydroxylation is 2. The van der Waals surface area contributed by atoms with Crippen molar-refractivity contribution in [2.75, 3.05) is 13.2 Å². The number of likely N-dealkylation sites (tertiary alicyclic amines) is 1. The van der Waals surface area contributed by atoms with Crippen LogP contribution in [0.1, 0.15) is 46.6 Å². The molecule has 1 aliphatic heterocycles. The predicted octanol–water partition coefficient (Wildman–Crippen LogP) is 2.43. The van der Waals surface area contributed by atoms with Gasteiger partial charge >= 0.3 is 5.97 Å². The first-order valence-corrected chi connectivity index (χ1v) is 9.81. The topological polar surface area (TPSA) is 94.6 Å². The van der Waals surface area contributed by atoms with Crippen LogP contribution in [0, 0.1) is 20.8 Å². The predicted molar refractivity (Wildman–Crippen MR) is 109 cm³/mol. The minimum atomic E-state index is -0.624. The molecule has 2 amide bonds. The van der Waals surface area contributed by atoms with E-state index in [0.717, 1.165) is 35.5 Å². The molecule has 1 saturated heterocycles. The normalized spacial score (nSPS) is 16.5. The molecule has 3 rings (SSSR count). The maximum absolute atomic E-state index is 12.6. The molecule has 1 atom stereocenters. The van der Waals surface area contributed by atoms with Crippen molar-refractivity contribution >= 4 is 17.8 Å². The third-order valence-electron chi connectivity index (χ3n) is 5.39. The second-order valence-corrected chi connectivity index (χ2v) is 7.54. The molecule has 1 aromatic heterocycles. The molecule has 2 aromatic rings.